The van der Waals surface area contributed by atoms with Gasteiger partial charge in [-0.25, -0.2) is 4.98 Å². The molecule has 0 aliphatic rings. The zero-order valence-corrected chi connectivity index (χ0v) is 12.3. The lowest BCUT2D eigenvalue weighted by molar-refractivity contribution is 0.203. The molecule has 1 aromatic heterocycles. The van der Waals surface area contributed by atoms with Crippen LogP contribution in [0.3, 0.4) is 0 Å². The van der Waals surface area contributed by atoms with Gasteiger partial charge in [-0.1, -0.05) is 18.2 Å². The summed E-state index contributed by atoms with van der Waals surface area (Å²) in [5.74, 6) is 1.33. The van der Waals surface area contributed by atoms with E-state index in [-0.39, 0.29) is 0 Å². The molecule has 0 amide bonds. The number of oxazole rings is 1. The highest BCUT2D eigenvalue weighted by atomic mass is 16.5. The predicted molar refractivity (Wildman–Crippen MR) is 82.0 cm³/mol. The molecule has 0 unspecified atom stereocenters. The summed E-state index contributed by atoms with van der Waals surface area (Å²) in [6, 6.07) is 9.81. The predicted octanol–water partition coefficient (Wildman–Crippen LogP) is 1.65. The number of guanidine groups is 1. The van der Waals surface area contributed by atoms with Crippen molar-refractivity contribution in [1.82, 2.24) is 15.6 Å². The number of aromatic nitrogens is 1. The van der Waals surface area contributed by atoms with Gasteiger partial charge in [-0.15, -0.1) is 0 Å². The Hall–Kier alpha value is -2.34. The molecule has 0 saturated carbocycles. The van der Waals surface area contributed by atoms with Gasteiger partial charge in [-0.2, -0.15) is 0 Å². The van der Waals surface area contributed by atoms with Gasteiger partial charge in [-0.05, 0) is 12.1 Å². The Bertz CT molecular complexity index is 566. The molecule has 0 saturated heterocycles. The van der Waals surface area contributed by atoms with Crippen molar-refractivity contribution >= 4 is 5.96 Å². The largest absolute Gasteiger partial charge is 0.444 e. The molecule has 1 aromatic carbocycles. The first-order valence-electron chi connectivity index (χ1n) is 6.76. The van der Waals surface area contributed by atoms with E-state index >= 15 is 0 Å². The van der Waals surface area contributed by atoms with Gasteiger partial charge in [0.15, 0.2) is 5.96 Å². The highest BCUT2D eigenvalue weighted by Crippen LogP contribution is 2.17. The second kappa shape index (κ2) is 8.06. The SMILES string of the molecule is CN=C(NCCOC)NCc1coc(-c2ccccc2)n1. The lowest BCUT2D eigenvalue weighted by atomic mass is 10.2. The zero-order chi connectivity index (χ0) is 14.9. The molecule has 0 atom stereocenters. The van der Waals surface area contributed by atoms with Crippen molar-refractivity contribution in [2.75, 3.05) is 27.3 Å². The summed E-state index contributed by atoms with van der Waals surface area (Å²) in [7, 11) is 3.39. The van der Waals surface area contributed by atoms with Crippen molar-refractivity contribution < 1.29 is 9.15 Å². The minimum absolute atomic E-state index is 0.545. The number of hydrogen-bond acceptors (Lipinski definition) is 4. The molecule has 6 heteroatoms. The van der Waals surface area contributed by atoms with Crippen LogP contribution in [0.4, 0.5) is 0 Å². The van der Waals surface area contributed by atoms with Gasteiger partial charge in [0.2, 0.25) is 5.89 Å². The summed E-state index contributed by atoms with van der Waals surface area (Å²) in [5, 5.41) is 6.30. The third-order valence-electron chi connectivity index (χ3n) is 2.83. The van der Waals surface area contributed by atoms with E-state index in [4.69, 9.17) is 9.15 Å². The van der Waals surface area contributed by atoms with E-state index in [1.165, 1.54) is 0 Å². The summed E-state index contributed by atoms with van der Waals surface area (Å²) < 4.78 is 10.5. The number of hydrogen-bond donors (Lipinski definition) is 2. The van der Waals surface area contributed by atoms with Crippen LogP contribution in [-0.2, 0) is 11.3 Å². The maximum Gasteiger partial charge on any atom is 0.226 e. The maximum absolute atomic E-state index is 5.48. The average Bonchev–Trinajstić information content (AvgIpc) is 3.00. The third-order valence-corrected chi connectivity index (χ3v) is 2.83. The van der Waals surface area contributed by atoms with Crippen LogP contribution < -0.4 is 10.6 Å². The standard InChI is InChI=1S/C15H20N4O2/c1-16-15(17-8-9-20-2)18-10-13-11-21-14(19-13)12-6-4-3-5-7-12/h3-7,11H,8-10H2,1-2H3,(H2,16,17,18). The van der Waals surface area contributed by atoms with Crippen LogP contribution in [0.1, 0.15) is 5.69 Å². The fourth-order valence-corrected chi connectivity index (χ4v) is 1.77. The Morgan fingerprint density at radius 2 is 2.10 bits per heavy atom. The molecule has 0 aliphatic carbocycles. The highest BCUT2D eigenvalue weighted by Gasteiger charge is 2.06. The van der Waals surface area contributed by atoms with Crippen molar-refractivity contribution in [3.05, 3.63) is 42.3 Å². The third kappa shape index (κ3) is 4.61. The van der Waals surface area contributed by atoms with Crippen molar-refractivity contribution in [3.8, 4) is 11.5 Å². The van der Waals surface area contributed by atoms with Crippen LogP contribution in [0, 0.1) is 0 Å². The number of nitrogens with one attached hydrogen (secondary N) is 2. The summed E-state index contributed by atoms with van der Waals surface area (Å²) in [6.45, 7) is 1.87. The zero-order valence-electron chi connectivity index (χ0n) is 12.3. The molecule has 0 aliphatic heterocycles. The van der Waals surface area contributed by atoms with E-state index in [1.54, 1.807) is 20.4 Å². The Labute approximate surface area is 124 Å². The Balaban J connectivity index is 1.88. The first kappa shape index (κ1) is 15.1. The molecule has 2 rings (SSSR count). The van der Waals surface area contributed by atoms with Crippen molar-refractivity contribution in [2.24, 2.45) is 4.99 Å². The van der Waals surface area contributed by atoms with Crippen molar-refractivity contribution in [2.45, 2.75) is 6.54 Å². The first-order chi connectivity index (χ1) is 10.3. The first-order valence-corrected chi connectivity index (χ1v) is 6.76. The second-order valence-electron chi connectivity index (χ2n) is 4.36. The number of rotatable bonds is 6. The number of ether oxygens (including phenoxy) is 1. The minimum atomic E-state index is 0.545. The van der Waals surface area contributed by atoms with Gasteiger partial charge < -0.3 is 19.8 Å². The highest BCUT2D eigenvalue weighted by molar-refractivity contribution is 5.79. The van der Waals surface area contributed by atoms with Gasteiger partial charge in [0.05, 0.1) is 18.8 Å². The van der Waals surface area contributed by atoms with Gasteiger partial charge in [-0.3, -0.25) is 4.99 Å². The Morgan fingerprint density at radius 1 is 1.29 bits per heavy atom. The molecule has 0 spiro atoms. The molecule has 2 N–H and O–H groups in total. The quantitative estimate of drug-likeness (QED) is 0.480. The van der Waals surface area contributed by atoms with E-state index < -0.39 is 0 Å². The van der Waals surface area contributed by atoms with E-state index in [0.29, 0.717) is 31.5 Å². The minimum Gasteiger partial charge on any atom is -0.444 e. The van der Waals surface area contributed by atoms with Gasteiger partial charge >= 0.3 is 0 Å². The normalized spacial score (nSPS) is 11.4. The molecule has 21 heavy (non-hydrogen) atoms. The number of nitrogens with zero attached hydrogens (tertiary/aromatic N) is 2. The van der Waals surface area contributed by atoms with Gasteiger partial charge in [0.25, 0.3) is 0 Å². The topological polar surface area (TPSA) is 71.7 Å². The fourth-order valence-electron chi connectivity index (χ4n) is 1.77. The molecule has 0 radical (unpaired) electrons. The molecular formula is C15H20N4O2. The molecule has 0 fully saturated rings. The monoisotopic (exact) mass is 288 g/mol. The number of methoxy groups -OCH3 is 1. The Morgan fingerprint density at radius 3 is 2.81 bits per heavy atom. The summed E-state index contributed by atoms with van der Waals surface area (Å²) in [4.78, 5) is 8.57. The average molecular weight is 288 g/mol. The summed E-state index contributed by atoms with van der Waals surface area (Å²) in [6.07, 6.45) is 1.65. The smallest absolute Gasteiger partial charge is 0.226 e. The molecule has 2 aromatic rings. The van der Waals surface area contributed by atoms with E-state index in [9.17, 15) is 0 Å². The summed E-state index contributed by atoms with van der Waals surface area (Å²) >= 11 is 0. The van der Waals surface area contributed by atoms with E-state index in [1.807, 2.05) is 30.3 Å². The van der Waals surface area contributed by atoms with Crippen LogP contribution in [0.5, 0.6) is 0 Å². The molecule has 6 nitrogen and oxygen atoms in total. The van der Waals surface area contributed by atoms with Crippen LogP contribution in [0.25, 0.3) is 11.5 Å². The molecule has 0 bridgehead atoms. The fraction of sp³-hybridized carbons (Fsp3) is 0.333. The number of aliphatic imine (C=N–C) groups is 1. The summed E-state index contributed by atoms with van der Waals surface area (Å²) in [5.41, 5.74) is 1.79. The lowest BCUT2D eigenvalue weighted by Gasteiger charge is -2.09. The molecular weight excluding hydrogens is 268 g/mol. The van der Waals surface area contributed by atoms with Gasteiger partial charge in [0.1, 0.15) is 6.26 Å². The molecule has 1 heterocycles. The van der Waals surface area contributed by atoms with Gasteiger partial charge in [0, 0.05) is 26.3 Å². The van der Waals surface area contributed by atoms with Crippen LogP contribution in [0.15, 0.2) is 46.0 Å². The lowest BCUT2D eigenvalue weighted by Crippen LogP contribution is -2.38. The van der Waals surface area contributed by atoms with Crippen LogP contribution in [0.2, 0.25) is 0 Å². The molecule has 112 valence electrons. The number of benzene rings is 1. The van der Waals surface area contributed by atoms with E-state index in [2.05, 4.69) is 20.6 Å². The maximum atomic E-state index is 5.48. The van der Waals surface area contributed by atoms with E-state index in [0.717, 1.165) is 11.3 Å². The van der Waals surface area contributed by atoms with Crippen molar-refractivity contribution in [3.63, 3.8) is 0 Å². The Kier molecular flexibility index (Phi) is 5.78. The van der Waals surface area contributed by atoms with Crippen LogP contribution >= 0.6 is 0 Å². The van der Waals surface area contributed by atoms with Crippen molar-refractivity contribution in [1.29, 1.82) is 0 Å². The second-order valence-corrected chi connectivity index (χ2v) is 4.36. The van der Waals surface area contributed by atoms with Crippen LogP contribution in [-0.4, -0.2) is 38.3 Å².